The lowest BCUT2D eigenvalue weighted by Crippen LogP contribution is -2.32. The first-order valence-corrected chi connectivity index (χ1v) is 6.27. The van der Waals surface area contributed by atoms with Crippen molar-refractivity contribution < 1.29 is 9.53 Å². The summed E-state index contributed by atoms with van der Waals surface area (Å²) in [5.74, 6) is 0. The maximum absolute atomic E-state index is 11.4. The Bertz CT molecular complexity index is 474. The number of carbonyl (C=O) groups is 1. The highest BCUT2D eigenvalue weighted by Gasteiger charge is 2.14. The van der Waals surface area contributed by atoms with Crippen LogP contribution in [0.2, 0.25) is 0 Å². The van der Waals surface area contributed by atoms with Crippen LogP contribution in [0.3, 0.4) is 0 Å². The number of nitrogens with two attached hydrogens (primary N) is 1. The van der Waals surface area contributed by atoms with E-state index < -0.39 is 11.7 Å². The lowest BCUT2D eigenvalue weighted by Gasteiger charge is -2.19. The average molecular weight is 262 g/mol. The van der Waals surface area contributed by atoms with Crippen LogP contribution in [0.4, 0.5) is 10.5 Å². The monoisotopic (exact) mass is 262 g/mol. The molecule has 104 valence electrons. The van der Waals surface area contributed by atoms with E-state index in [2.05, 4.69) is 5.32 Å². The minimum absolute atomic E-state index is 0.411. The van der Waals surface area contributed by atoms with Crippen molar-refractivity contribution in [2.45, 2.75) is 33.3 Å². The maximum atomic E-state index is 11.4. The van der Waals surface area contributed by atoms with Gasteiger partial charge in [0.2, 0.25) is 0 Å². The van der Waals surface area contributed by atoms with E-state index in [1.54, 1.807) is 0 Å². The van der Waals surface area contributed by atoms with Crippen LogP contribution in [0.5, 0.6) is 0 Å². The Morgan fingerprint density at radius 1 is 1.42 bits per heavy atom. The lowest BCUT2D eigenvalue weighted by atomic mass is 10.1. The zero-order valence-electron chi connectivity index (χ0n) is 12.0. The maximum Gasteiger partial charge on any atom is 0.407 e. The van der Waals surface area contributed by atoms with Gasteiger partial charge in [-0.25, -0.2) is 4.79 Å². The number of nitrogens with one attached hydrogen (secondary N) is 1. The fraction of sp³-hybridized carbons (Fsp3) is 0.400. The van der Waals surface area contributed by atoms with Crippen molar-refractivity contribution in [2.75, 3.05) is 12.3 Å². The zero-order valence-corrected chi connectivity index (χ0v) is 12.0. The molecule has 0 unspecified atom stereocenters. The Kier molecular flexibility index (Phi) is 4.98. The van der Waals surface area contributed by atoms with Gasteiger partial charge in [-0.3, -0.25) is 0 Å². The number of rotatable bonds is 3. The van der Waals surface area contributed by atoms with Gasteiger partial charge in [0.25, 0.3) is 0 Å². The summed E-state index contributed by atoms with van der Waals surface area (Å²) >= 11 is 0. The average Bonchev–Trinajstić information content (AvgIpc) is 2.24. The summed E-state index contributed by atoms with van der Waals surface area (Å²) in [6.07, 6.45) is 3.42. The van der Waals surface area contributed by atoms with Gasteiger partial charge in [-0.15, -0.1) is 0 Å². The van der Waals surface area contributed by atoms with E-state index in [1.807, 2.05) is 58.0 Å². The fourth-order valence-corrected chi connectivity index (χ4v) is 1.53. The van der Waals surface area contributed by atoms with E-state index in [0.717, 1.165) is 16.8 Å². The molecular formula is C15H22N2O2. The van der Waals surface area contributed by atoms with Gasteiger partial charge in [-0.2, -0.15) is 0 Å². The zero-order chi connectivity index (χ0) is 14.5. The normalized spacial score (nSPS) is 11.6. The molecule has 0 aromatic heterocycles. The van der Waals surface area contributed by atoms with Crippen LogP contribution >= 0.6 is 0 Å². The van der Waals surface area contributed by atoms with Gasteiger partial charge in [0.05, 0.1) is 0 Å². The first kappa shape index (κ1) is 15.1. The molecule has 0 aliphatic heterocycles. The lowest BCUT2D eigenvalue weighted by molar-refractivity contribution is 0.0534. The number of hydrogen-bond acceptors (Lipinski definition) is 3. The molecule has 0 bridgehead atoms. The third-order valence-electron chi connectivity index (χ3n) is 2.35. The smallest absolute Gasteiger partial charge is 0.407 e. The molecule has 4 nitrogen and oxygen atoms in total. The van der Waals surface area contributed by atoms with Crippen LogP contribution in [-0.4, -0.2) is 18.2 Å². The van der Waals surface area contributed by atoms with E-state index in [1.165, 1.54) is 0 Å². The summed E-state index contributed by atoms with van der Waals surface area (Å²) in [5.41, 5.74) is 8.15. The van der Waals surface area contributed by atoms with Crippen LogP contribution in [0.25, 0.3) is 6.08 Å². The number of benzene rings is 1. The number of anilines is 1. The summed E-state index contributed by atoms with van der Waals surface area (Å²) in [7, 11) is 0. The highest BCUT2D eigenvalue weighted by atomic mass is 16.6. The molecule has 0 heterocycles. The molecule has 19 heavy (non-hydrogen) atoms. The molecule has 0 fully saturated rings. The predicted molar refractivity (Wildman–Crippen MR) is 78.9 cm³/mol. The minimum atomic E-state index is -0.471. The standard InChI is InChI=1S/C15H22N2O2/c1-11-10-13(16)8-7-12(11)6-5-9-17-14(18)19-15(2,3)4/h5-8,10H,9,16H2,1-4H3,(H,17,18). The quantitative estimate of drug-likeness (QED) is 0.823. The fourth-order valence-electron chi connectivity index (χ4n) is 1.53. The molecule has 3 N–H and O–H groups in total. The first-order chi connectivity index (χ1) is 8.78. The molecule has 0 aliphatic carbocycles. The van der Waals surface area contributed by atoms with Crippen LogP contribution in [0, 0.1) is 6.92 Å². The van der Waals surface area contributed by atoms with Crippen molar-refractivity contribution in [1.29, 1.82) is 0 Å². The molecule has 0 saturated carbocycles. The van der Waals surface area contributed by atoms with Crippen LogP contribution in [-0.2, 0) is 4.74 Å². The van der Waals surface area contributed by atoms with Gasteiger partial charge in [-0.1, -0.05) is 18.2 Å². The molecular weight excluding hydrogens is 240 g/mol. The first-order valence-electron chi connectivity index (χ1n) is 6.27. The predicted octanol–water partition coefficient (Wildman–Crippen LogP) is 3.12. The molecule has 0 atom stereocenters. The summed E-state index contributed by atoms with van der Waals surface area (Å²) in [4.78, 5) is 11.4. The van der Waals surface area contributed by atoms with E-state index in [0.29, 0.717) is 6.54 Å². The van der Waals surface area contributed by atoms with Crippen molar-refractivity contribution >= 4 is 17.9 Å². The SMILES string of the molecule is Cc1cc(N)ccc1C=CCNC(=O)OC(C)(C)C. The van der Waals surface area contributed by atoms with Crippen molar-refractivity contribution in [3.8, 4) is 0 Å². The molecule has 0 saturated heterocycles. The van der Waals surface area contributed by atoms with Gasteiger partial charge < -0.3 is 15.8 Å². The topological polar surface area (TPSA) is 64.3 Å². The summed E-state index contributed by atoms with van der Waals surface area (Å²) in [6, 6.07) is 5.73. The number of hydrogen-bond donors (Lipinski definition) is 2. The van der Waals surface area contributed by atoms with Crippen LogP contribution in [0.1, 0.15) is 31.9 Å². The Morgan fingerprint density at radius 2 is 2.11 bits per heavy atom. The molecule has 1 amide bonds. The Morgan fingerprint density at radius 3 is 2.68 bits per heavy atom. The Hall–Kier alpha value is -1.97. The number of alkyl carbamates (subject to hydrolysis) is 1. The van der Waals surface area contributed by atoms with Gasteiger partial charge in [0, 0.05) is 12.2 Å². The third-order valence-corrected chi connectivity index (χ3v) is 2.35. The molecule has 0 radical (unpaired) electrons. The molecule has 4 heteroatoms. The third kappa shape index (κ3) is 5.95. The highest BCUT2D eigenvalue weighted by Crippen LogP contribution is 2.13. The molecule has 1 rings (SSSR count). The highest BCUT2D eigenvalue weighted by molar-refractivity contribution is 5.68. The largest absolute Gasteiger partial charge is 0.444 e. The van der Waals surface area contributed by atoms with E-state index in [9.17, 15) is 4.79 Å². The second-order valence-electron chi connectivity index (χ2n) is 5.40. The molecule has 0 spiro atoms. The van der Waals surface area contributed by atoms with Crippen LogP contribution < -0.4 is 11.1 Å². The summed E-state index contributed by atoms with van der Waals surface area (Å²) < 4.78 is 5.13. The number of aryl methyl sites for hydroxylation is 1. The van der Waals surface area contributed by atoms with Crippen molar-refractivity contribution in [1.82, 2.24) is 5.32 Å². The van der Waals surface area contributed by atoms with Gasteiger partial charge in [0.1, 0.15) is 5.60 Å². The minimum Gasteiger partial charge on any atom is -0.444 e. The van der Waals surface area contributed by atoms with Crippen molar-refractivity contribution in [2.24, 2.45) is 0 Å². The van der Waals surface area contributed by atoms with E-state index in [-0.39, 0.29) is 0 Å². The van der Waals surface area contributed by atoms with Gasteiger partial charge >= 0.3 is 6.09 Å². The van der Waals surface area contributed by atoms with E-state index >= 15 is 0 Å². The van der Waals surface area contributed by atoms with Crippen molar-refractivity contribution in [3.63, 3.8) is 0 Å². The number of amides is 1. The summed E-state index contributed by atoms with van der Waals surface area (Å²) in [6.45, 7) is 7.93. The molecule has 0 aliphatic rings. The Labute approximate surface area is 114 Å². The second kappa shape index (κ2) is 6.27. The number of ether oxygens (including phenoxy) is 1. The summed E-state index contributed by atoms with van der Waals surface area (Å²) in [5, 5.41) is 2.67. The van der Waals surface area contributed by atoms with E-state index in [4.69, 9.17) is 10.5 Å². The van der Waals surface area contributed by atoms with Crippen molar-refractivity contribution in [3.05, 3.63) is 35.4 Å². The number of carbonyl (C=O) groups excluding carboxylic acids is 1. The second-order valence-corrected chi connectivity index (χ2v) is 5.40. The van der Waals surface area contributed by atoms with Crippen LogP contribution in [0.15, 0.2) is 24.3 Å². The Balaban J connectivity index is 2.44. The molecule has 1 aromatic carbocycles. The molecule has 1 aromatic rings. The van der Waals surface area contributed by atoms with Gasteiger partial charge in [0.15, 0.2) is 0 Å². The number of nitrogen functional groups attached to an aromatic ring is 1. The van der Waals surface area contributed by atoms with Gasteiger partial charge in [-0.05, 0) is 51.0 Å².